The molecule has 4 nitrogen and oxygen atoms in total. The van der Waals surface area contributed by atoms with Gasteiger partial charge in [-0.2, -0.15) is 5.90 Å². The van der Waals surface area contributed by atoms with E-state index < -0.39 is 0 Å². The van der Waals surface area contributed by atoms with Crippen LogP contribution in [-0.4, -0.2) is 4.98 Å². The lowest BCUT2D eigenvalue weighted by molar-refractivity contribution is -0.211. The maximum atomic E-state index is 4.84. The second kappa shape index (κ2) is 5.41. The van der Waals surface area contributed by atoms with Crippen LogP contribution in [-0.2, 0) is 4.99 Å². The van der Waals surface area contributed by atoms with Crippen LogP contribution in [0.4, 0.5) is 0 Å². The van der Waals surface area contributed by atoms with Crippen molar-refractivity contribution in [2.75, 3.05) is 0 Å². The molecule has 0 saturated carbocycles. The van der Waals surface area contributed by atoms with Gasteiger partial charge in [-0.05, 0) is 65.1 Å². The maximum absolute atomic E-state index is 4.84. The Kier molecular flexibility index (Phi) is 3.65. The van der Waals surface area contributed by atoms with Crippen LogP contribution >= 0.6 is 33.9 Å². The van der Waals surface area contributed by atoms with E-state index in [4.69, 9.17) is 10.8 Å². The number of rotatable bonds is 3. The topological polar surface area (TPSA) is 57.4 Å². The Labute approximate surface area is 127 Å². The van der Waals surface area contributed by atoms with Crippen LogP contribution in [0.1, 0.15) is 0 Å². The fourth-order valence-electron chi connectivity index (χ4n) is 1.73. The van der Waals surface area contributed by atoms with Gasteiger partial charge in [0.1, 0.15) is 5.01 Å². The molecule has 1 aromatic heterocycles. The molecule has 1 heterocycles. The third kappa shape index (κ3) is 2.71. The van der Waals surface area contributed by atoms with E-state index in [1.54, 1.807) is 23.5 Å². The molecular weight excluding hydrogens is 375 g/mol. The normalized spacial score (nSPS) is 10.8. The van der Waals surface area contributed by atoms with Crippen molar-refractivity contribution in [1.82, 2.24) is 4.98 Å². The summed E-state index contributed by atoms with van der Waals surface area (Å²) in [5.41, 5.74) is 2.06. The van der Waals surface area contributed by atoms with Gasteiger partial charge in [0.15, 0.2) is 5.75 Å². The van der Waals surface area contributed by atoms with Crippen molar-refractivity contribution in [2.24, 2.45) is 5.90 Å². The van der Waals surface area contributed by atoms with Crippen molar-refractivity contribution in [3.8, 4) is 16.3 Å². The van der Waals surface area contributed by atoms with Gasteiger partial charge in [-0.15, -0.1) is 11.3 Å². The molecule has 0 aliphatic heterocycles. The van der Waals surface area contributed by atoms with Crippen molar-refractivity contribution in [3.63, 3.8) is 0 Å². The molecule has 0 unspecified atom stereocenters. The first-order chi connectivity index (χ1) is 9.26. The van der Waals surface area contributed by atoms with Gasteiger partial charge >= 0.3 is 0 Å². The van der Waals surface area contributed by atoms with E-state index in [1.807, 2.05) is 18.2 Å². The van der Waals surface area contributed by atoms with E-state index >= 15 is 0 Å². The summed E-state index contributed by atoms with van der Waals surface area (Å²) in [6.07, 6.45) is 0. The Hall–Kier alpha value is -1.22. The number of aromatic nitrogens is 1. The number of nitrogens with zero attached hydrogens (tertiary/aromatic N) is 1. The molecule has 3 rings (SSSR count). The molecule has 0 fully saturated rings. The fraction of sp³-hybridized carbons (Fsp3) is 0. The van der Waals surface area contributed by atoms with Gasteiger partial charge in [0.2, 0.25) is 0 Å². The lowest BCUT2D eigenvalue weighted by Gasteiger charge is -2.00. The van der Waals surface area contributed by atoms with E-state index in [0.717, 1.165) is 16.1 Å². The molecule has 2 N–H and O–H groups in total. The number of nitrogens with two attached hydrogens (primary N) is 1. The third-order valence-electron chi connectivity index (χ3n) is 2.60. The number of halogens is 1. The van der Waals surface area contributed by atoms with Gasteiger partial charge in [0.25, 0.3) is 0 Å². The summed E-state index contributed by atoms with van der Waals surface area (Å²) in [5.74, 6) is 5.40. The van der Waals surface area contributed by atoms with E-state index in [1.165, 1.54) is 8.27 Å². The summed E-state index contributed by atoms with van der Waals surface area (Å²) in [7, 11) is 0. The Balaban J connectivity index is 1.99. The Morgan fingerprint density at radius 2 is 1.89 bits per heavy atom. The molecule has 3 aromatic rings. The number of hydrogen-bond acceptors (Lipinski definition) is 5. The average Bonchev–Trinajstić information content (AvgIpc) is 2.83. The quantitative estimate of drug-likeness (QED) is 0.425. The summed E-state index contributed by atoms with van der Waals surface area (Å²) in [6.45, 7) is 0. The molecule has 0 saturated heterocycles. The van der Waals surface area contributed by atoms with Crippen molar-refractivity contribution in [3.05, 3.63) is 46.0 Å². The standard InChI is InChI=1S/C13H9IN2O2S/c14-9-3-6-11-12(7-9)19-13(16-11)8-1-4-10(5-2-8)17-18-15/h1-7H,15H2. The van der Waals surface area contributed by atoms with Gasteiger partial charge in [-0.3, -0.25) is 0 Å². The largest absolute Gasteiger partial charge is 0.320 e. The van der Waals surface area contributed by atoms with Crippen LogP contribution < -0.4 is 10.8 Å². The molecule has 96 valence electrons. The minimum Gasteiger partial charge on any atom is -0.320 e. The van der Waals surface area contributed by atoms with Crippen LogP contribution in [0.15, 0.2) is 42.5 Å². The van der Waals surface area contributed by atoms with Crippen LogP contribution in [0.2, 0.25) is 0 Å². The van der Waals surface area contributed by atoms with Crippen molar-refractivity contribution < 1.29 is 9.88 Å². The molecule has 19 heavy (non-hydrogen) atoms. The maximum Gasteiger partial charge on any atom is 0.167 e. The highest BCUT2D eigenvalue weighted by Gasteiger charge is 2.07. The fourth-order valence-corrected chi connectivity index (χ4v) is 3.44. The van der Waals surface area contributed by atoms with Crippen molar-refractivity contribution >= 4 is 44.1 Å². The van der Waals surface area contributed by atoms with E-state index in [-0.39, 0.29) is 0 Å². The highest BCUT2D eigenvalue weighted by Crippen LogP contribution is 2.31. The SMILES string of the molecule is NOOc1ccc(-c2nc3ccc(I)cc3s2)cc1. The lowest BCUT2D eigenvalue weighted by atomic mass is 10.2. The minimum absolute atomic E-state index is 0.557. The Morgan fingerprint density at radius 3 is 2.63 bits per heavy atom. The smallest absolute Gasteiger partial charge is 0.167 e. The molecule has 0 spiro atoms. The van der Waals surface area contributed by atoms with Gasteiger partial charge in [-0.25, -0.2) is 4.98 Å². The monoisotopic (exact) mass is 384 g/mol. The van der Waals surface area contributed by atoms with Crippen LogP contribution in [0.25, 0.3) is 20.8 Å². The number of hydrogen-bond donors (Lipinski definition) is 1. The van der Waals surface area contributed by atoms with Crippen molar-refractivity contribution in [1.29, 1.82) is 0 Å². The van der Waals surface area contributed by atoms with Crippen LogP contribution in [0.5, 0.6) is 5.75 Å². The molecule has 0 radical (unpaired) electrons. The first-order valence-corrected chi connectivity index (χ1v) is 7.36. The van der Waals surface area contributed by atoms with Crippen LogP contribution in [0, 0.1) is 3.57 Å². The second-order valence-corrected chi connectivity index (χ2v) is 6.11. The Bertz CT molecular complexity index is 712. The molecular formula is C13H9IN2O2S. The first-order valence-electron chi connectivity index (χ1n) is 5.46. The van der Waals surface area contributed by atoms with E-state index in [9.17, 15) is 0 Å². The van der Waals surface area contributed by atoms with Crippen molar-refractivity contribution in [2.45, 2.75) is 0 Å². The summed E-state index contributed by atoms with van der Waals surface area (Å²) in [5, 5.41) is 0.984. The molecule has 0 atom stereocenters. The summed E-state index contributed by atoms with van der Waals surface area (Å²) >= 11 is 3.97. The average molecular weight is 384 g/mol. The van der Waals surface area contributed by atoms with Crippen LogP contribution in [0.3, 0.4) is 0 Å². The third-order valence-corrected chi connectivity index (χ3v) is 4.33. The number of fused-ring (bicyclic) bond motifs is 1. The summed E-state index contributed by atoms with van der Waals surface area (Å²) in [6, 6.07) is 13.7. The lowest BCUT2D eigenvalue weighted by Crippen LogP contribution is -2.02. The highest BCUT2D eigenvalue weighted by atomic mass is 127. The zero-order valence-corrected chi connectivity index (χ0v) is 12.6. The number of benzene rings is 2. The van der Waals surface area contributed by atoms with E-state index in [2.05, 4.69) is 44.7 Å². The zero-order chi connectivity index (χ0) is 13.2. The summed E-state index contributed by atoms with van der Waals surface area (Å²) < 4.78 is 2.40. The number of thiazole rings is 1. The van der Waals surface area contributed by atoms with Gasteiger partial charge in [-0.1, -0.05) is 4.99 Å². The molecule has 0 bridgehead atoms. The predicted molar refractivity (Wildman–Crippen MR) is 83.7 cm³/mol. The molecule has 0 aliphatic rings. The molecule has 2 aromatic carbocycles. The molecule has 6 heteroatoms. The van der Waals surface area contributed by atoms with Gasteiger partial charge < -0.3 is 4.89 Å². The van der Waals surface area contributed by atoms with E-state index in [0.29, 0.717) is 5.75 Å². The first kappa shape index (κ1) is 12.8. The zero-order valence-electron chi connectivity index (χ0n) is 9.67. The predicted octanol–water partition coefficient (Wildman–Crippen LogP) is 3.75. The van der Waals surface area contributed by atoms with Gasteiger partial charge in [0, 0.05) is 9.13 Å². The minimum atomic E-state index is 0.557. The highest BCUT2D eigenvalue weighted by molar-refractivity contribution is 14.1. The molecule has 0 aliphatic carbocycles. The second-order valence-electron chi connectivity index (χ2n) is 3.84. The Morgan fingerprint density at radius 1 is 1.11 bits per heavy atom. The summed E-state index contributed by atoms with van der Waals surface area (Å²) in [4.78, 5) is 13.5. The molecule has 0 amide bonds. The van der Waals surface area contributed by atoms with Gasteiger partial charge in [0.05, 0.1) is 10.2 Å².